The molecule has 3 N–H and O–H groups in total. The number of sulfonamides is 1. The Morgan fingerprint density at radius 2 is 2.00 bits per heavy atom. The quantitative estimate of drug-likeness (QED) is 0.887. The van der Waals surface area contributed by atoms with Gasteiger partial charge in [0.05, 0.1) is 17.5 Å². The lowest BCUT2D eigenvalue weighted by Crippen LogP contribution is -2.32. The van der Waals surface area contributed by atoms with Crippen molar-refractivity contribution in [2.45, 2.75) is 24.3 Å². The number of para-hydroxylation sites is 1. The normalized spacial score (nSPS) is 16.8. The van der Waals surface area contributed by atoms with Gasteiger partial charge >= 0.3 is 0 Å². The van der Waals surface area contributed by atoms with Gasteiger partial charge in [-0.15, -0.1) is 0 Å². The van der Waals surface area contributed by atoms with Crippen LogP contribution in [-0.2, 0) is 10.0 Å². The van der Waals surface area contributed by atoms with Gasteiger partial charge in [-0.2, -0.15) is 0 Å². The molecule has 2 aromatic carbocycles. The average Bonchev–Trinajstić information content (AvgIpc) is 2.54. The van der Waals surface area contributed by atoms with Crippen molar-refractivity contribution in [2.24, 2.45) is 5.14 Å². The van der Waals surface area contributed by atoms with Crippen molar-refractivity contribution in [3.63, 3.8) is 0 Å². The molecule has 7 heteroatoms. The summed E-state index contributed by atoms with van der Waals surface area (Å²) in [5.74, 6) is 0.407. The maximum absolute atomic E-state index is 12.5. The van der Waals surface area contributed by atoms with Crippen LogP contribution in [0.2, 0.25) is 0 Å². The molecular formula is C17H18N2O4S. The second-order valence-electron chi connectivity index (χ2n) is 5.73. The van der Waals surface area contributed by atoms with Gasteiger partial charge in [-0.25, -0.2) is 13.6 Å². The summed E-state index contributed by atoms with van der Waals surface area (Å²) < 4.78 is 28.8. The molecule has 24 heavy (non-hydrogen) atoms. The Morgan fingerprint density at radius 3 is 2.75 bits per heavy atom. The highest BCUT2D eigenvalue weighted by molar-refractivity contribution is 7.89. The van der Waals surface area contributed by atoms with E-state index in [0.29, 0.717) is 18.6 Å². The average molecular weight is 346 g/mol. The summed E-state index contributed by atoms with van der Waals surface area (Å²) in [6.07, 6.45) is 0.649. The van der Waals surface area contributed by atoms with Gasteiger partial charge in [-0.3, -0.25) is 4.79 Å². The van der Waals surface area contributed by atoms with Crippen molar-refractivity contribution in [3.8, 4) is 5.75 Å². The van der Waals surface area contributed by atoms with Gasteiger partial charge in [0.25, 0.3) is 5.91 Å². The zero-order valence-electron chi connectivity index (χ0n) is 13.2. The summed E-state index contributed by atoms with van der Waals surface area (Å²) in [5.41, 5.74) is 1.68. The van der Waals surface area contributed by atoms with Gasteiger partial charge in [-0.1, -0.05) is 24.3 Å². The van der Waals surface area contributed by atoms with E-state index < -0.39 is 10.0 Å². The van der Waals surface area contributed by atoms with Crippen LogP contribution >= 0.6 is 0 Å². The van der Waals surface area contributed by atoms with Crippen LogP contribution in [0.3, 0.4) is 0 Å². The molecule has 0 radical (unpaired) electrons. The van der Waals surface area contributed by atoms with Gasteiger partial charge in [0.1, 0.15) is 5.75 Å². The van der Waals surface area contributed by atoms with Crippen LogP contribution in [0.25, 0.3) is 0 Å². The van der Waals surface area contributed by atoms with Gasteiger partial charge in [0.15, 0.2) is 0 Å². The Hall–Kier alpha value is -2.38. The number of fused-ring (bicyclic) bond motifs is 1. The molecule has 6 nitrogen and oxygen atoms in total. The topological polar surface area (TPSA) is 98.5 Å². The number of benzene rings is 2. The van der Waals surface area contributed by atoms with Crippen LogP contribution in [0, 0.1) is 6.92 Å². The first-order valence-electron chi connectivity index (χ1n) is 7.52. The molecule has 0 saturated carbocycles. The smallest absolute Gasteiger partial charge is 0.251 e. The molecule has 0 fully saturated rings. The molecule has 126 valence electrons. The maximum Gasteiger partial charge on any atom is 0.251 e. The second-order valence-corrected chi connectivity index (χ2v) is 7.26. The Kier molecular flexibility index (Phi) is 4.29. The van der Waals surface area contributed by atoms with Crippen molar-refractivity contribution in [1.29, 1.82) is 0 Å². The number of ether oxygens (including phenoxy) is 1. The Bertz CT molecular complexity index is 893. The highest BCUT2D eigenvalue weighted by atomic mass is 32.2. The van der Waals surface area contributed by atoms with Crippen molar-refractivity contribution in [2.75, 3.05) is 6.61 Å². The van der Waals surface area contributed by atoms with Gasteiger partial charge in [0.2, 0.25) is 10.0 Å². The molecule has 1 aliphatic heterocycles. The molecule has 0 spiro atoms. The van der Waals surface area contributed by atoms with E-state index in [4.69, 9.17) is 9.88 Å². The zero-order valence-corrected chi connectivity index (χ0v) is 14.0. The predicted octanol–water partition coefficient (Wildman–Crippen LogP) is 1.90. The fourth-order valence-corrected chi connectivity index (χ4v) is 3.59. The minimum Gasteiger partial charge on any atom is -0.493 e. The van der Waals surface area contributed by atoms with Gasteiger partial charge in [0, 0.05) is 17.5 Å². The summed E-state index contributed by atoms with van der Waals surface area (Å²) in [4.78, 5) is 12.5. The lowest BCUT2D eigenvalue weighted by molar-refractivity contribution is 0.0924. The van der Waals surface area contributed by atoms with E-state index in [1.807, 2.05) is 24.3 Å². The molecule has 0 aliphatic carbocycles. The second kappa shape index (κ2) is 6.26. The third-order valence-corrected chi connectivity index (χ3v) is 5.07. The van der Waals surface area contributed by atoms with Crippen LogP contribution in [0.4, 0.5) is 0 Å². The summed E-state index contributed by atoms with van der Waals surface area (Å²) in [7, 11) is -3.87. The van der Waals surface area contributed by atoms with Gasteiger partial charge < -0.3 is 10.1 Å². The number of nitrogens with two attached hydrogens (primary N) is 1. The number of aryl methyl sites for hydroxylation is 1. The first kappa shape index (κ1) is 16.5. The minimum absolute atomic E-state index is 0.0393. The van der Waals surface area contributed by atoms with E-state index in [-0.39, 0.29) is 22.4 Å². The number of primary sulfonamides is 1. The third-order valence-electron chi connectivity index (χ3n) is 4.02. The largest absolute Gasteiger partial charge is 0.493 e. The molecule has 0 saturated heterocycles. The van der Waals surface area contributed by atoms with E-state index >= 15 is 0 Å². The lowest BCUT2D eigenvalue weighted by atomic mass is 10.00. The number of carbonyl (C=O) groups is 1. The third kappa shape index (κ3) is 3.27. The standard InChI is InChI=1S/C17H18N2O4S/c1-11-6-7-12(10-16(11)24(18,21)22)17(20)19-14-8-9-23-15-5-3-2-4-13(14)15/h2-7,10,14H,8-9H2,1H3,(H,19,20)(H2,18,21,22)/t14-/m1/s1. The van der Waals surface area contributed by atoms with E-state index in [1.54, 1.807) is 19.1 Å². The van der Waals surface area contributed by atoms with Crippen LogP contribution in [0.5, 0.6) is 5.75 Å². The Morgan fingerprint density at radius 1 is 1.25 bits per heavy atom. The maximum atomic E-state index is 12.5. The van der Waals surface area contributed by atoms with E-state index in [2.05, 4.69) is 5.32 Å². The summed E-state index contributed by atoms with van der Waals surface area (Å²) in [6.45, 7) is 2.15. The number of hydrogen-bond acceptors (Lipinski definition) is 4. The molecule has 2 aromatic rings. The zero-order chi connectivity index (χ0) is 17.3. The highest BCUT2D eigenvalue weighted by Crippen LogP contribution is 2.31. The lowest BCUT2D eigenvalue weighted by Gasteiger charge is -2.26. The van der Waals surface area contributed by atoms with Crippen LogP contribution in [-0.4, -0.2) is 20.9 Å². The Balaban J connectivity index is 1.87. The molecule has 3 rings (SSSR count). The summed E-state index contributed by atoms with van der Waals surface area (Å²) >= 11 is 0. The Labute approximate surface area is 140 Å². The first-order valence-corrected chi connectivity index (χ1v) is 9.07. The molecular weight excluding hydrogens is 328 g/mol. The SMILES string of the molecule is Cc1ccc(C(=O)N[C@@H]2CCOc3ccccc32)cc1S(N)(=O)=O. The first-order chi connectivity index (χ1) is 11.4. The molecule has 1 amide bonds. The predicted molar refractivity (Wildman–Crippen MR) is 89.3 cm³/mol. The highest BCUT2D eigenvalue weighted by Gasteiger charge is 2.23. The number of rotatable bonds is 3. The van der Waals surface area contributed by atoms with Crippen molar-refractivity contribution < 1.29 is 17.9 Å². The van der Waals surface area contributed by atoms with Crippen molar-refractivity contribution in [3.05, 3.63) is 59.2 Å². The molecule has 0 bridgehead atoms. The number of amides is 1. The van der Waals surface area contributed by atoms with Crippen LogP contribution < -0.4 is 15.2 Å². The molecule has 1 aliphatic rings. The fourth-order valence-electron chi connectivity index (χ4n) is 2.78. The molecule has 0 unspecified atom stereocenters. The van der Waals surface area contributed by atoms with E-state index in [0.717, 1.165) is 11.3 Å². The number of hydrogen-bond donors (Lipinski definition) is 2. The van der Waals surface area contributed by atoms with Crippen molar-refractivity contribution >= 4 is 15.9 Å². The molecule has 0 aromatic heterocycles. The monoisotopic (exact) mass is 346 g/mol. The molecule has 1 atom stereocenters. The summed E-state index contributed by atoms with van der Waals surface area (Å²) in [6, 6.07) is 11.8. The van der Waals surface area contributed by atoms with Crippen molar-refractivity contribution in [1.82, 2.24) is 5.32 Å². The number of nitrogens with one attached hydrogen (secondary N) is 1. The van der Waals surface area contributed by atoms with E-state index in [9.17, 15) is 13.2 Å². The van der Waals surface area contributed by atoms with E-state index in [1.165, 1.54) is 6.07 Å². The van der Waals surface area contributed by atoms with Gasteiger partial charge in [-0.05, 0) is 30.7 Å². The van der Waals surface area contributed by atoms with Crippen LogP contribution in [0.1, 0.15) is 33.9 Å². The molecule has 1 heterocycles. The van der Waals surface area contributed by atoms with Crippen LogP contribution in [0.15, 0.2) is 47.4 Å². The minimum atomic E-state index is -3.87. The fraction of sp³-hybridized carbons (Fsp3) is 0.235. The summed E-state index contributed by atoms with van der Waals surface area (Å²) in [5, 5.41) is 8.13. The number of carbonyl (C=O) groups excluding carboxylic acids is 1.